The molecule has 102 valence electrons. The Hall–Kier alpha value is -1.88. The van der Waals surface area contributed by atoms with Crippen molar-refractivity contribution in [3.63, 3.8) is 0 Å². The van der Waals surface area contributed by atoms with Gasteiger partial charge in [0.1, 0.15) is 5.82 Å². The number of hydrogen-bond donors (Lipinski definition) is 2. The monoisotopic (exact) mass is 261 g/mol. The number of imidazole rings is 1. The Kier molecular flexibility index (Phi) is 3.85. The van der Waals surface area contributed by atoms with Crippen LogP contribution in [0.5, 0.6) is 0 Å². The fourth-order valence-electron chi connectivity index (χ4n) is 1.62. The van der Waals surface area contributed by atoms with Gasteiger partial charge in [-0.25, -0.2) is 10.5 Å². The van der Waals surface area contributed by atoms with Gasteiger partial charge in [-0.3, -0.25) is 9.63 Å². The molecule has 0 spiro atoms. The molecule has 0 aliphatic heterocycles. The lowest BCUT2D eigenvalue weighted by Gasteiger charge is -2.18. The van der Waals surface area contributed by atoms with Crippen LogP contribution in [-0.2, 0) is 16.1 Å². The summed E-state index contributed by atoms with van der Waals surface area (Å²) in [6, 6.07) is 7.80. The zero-order valence-corrected chi connectivity index (χ0v) is 11.5. The molecule has 0 aliphatic rings. The average molecular weight is 261 g/mol. The van der Waals surface area contributed by atoms with E-state index in [4.69, 9.17) is 4.84 Å². The van der Waals surface area contributed by atoms with E-state index >= 15 is 0 Å². The maximum atomic E-state index is 11.6. The van der Waals surface area contributed by atoms with Gasteiger partial charge in [-0.15, -0.1) is 0 Å². The van der Waals surface area contributed by atoms with E-state index in [-0.39, 0.29) is 11.5 Å². The molecule has 5 heteroatoms. The average Bonchev–Trinajstić information content (AvgIpc) is 2.75. The SMILES string of the molecule is CC(C)(C)ONC(=O)CCc1nc2ccccc2[nH]1. The normalized spacial score (nSPS) is 11.7. The van der Waals surface area contributed by atoms with E-state index in [2.05, 4.69) is 15.4 Å². The second kappa shape index (κ2) is 5.40. The molecule has 5 nitrogen and oxygen atoms in total. The maximum absolute atomic E-state index is 11.6. The topological polar surface area (TPSA) is 67.0 Å². The third-order valence-corrected chi connectivity index (χ3v) is 2.50. The molecule has 0 saturated carbocycles. The molecule has 0 bridgehead atoms. The standard InChI is InChI=1S/C14H19N3O2/c1-14(2,3)19-17-13(18)9-8-12-15-10-6-4-5-7-11(10)16-12/h4-7H,8-9H2,1-3H3,(H,15,16)(H,17,18). The number of para-hydroxylation sites is 2. The lowest BCUT2D eigenvalue weighted by Crippen LogP contribution is -2.33. The third kappa shape index (κ3) is 4.06. The van der Waals surface area contributed by atoms with E-state index in [0.717, 1.165) is 16.9 Å². The number of aromatic amines is 1. The predicted molar refractivity (Wildman–Crippen MR) is 73.4 cm³/mol. The lowest BCUT2D eigenvalue weighted by molar-refractivity contribution is -0.145. The highest BCUT2D eigenvalue weighted by atomic mass is 16.7. The molecule has 0 aliphatic carbocycles. The molecule has 0 saturated heterocycles. The van der Waals surface area contributed by atoms with Gasteiger partial charge in [0, 0.05) is 12.8 Å². The number of hydrogen-bond acceptors (Lipinski definition) is 3. The quantitative estimate of drug-likeness (QED) is 0.830. The number of aromatic nitrogens is 2. The first kappa shape index (κ1) is 13.5. The van der Waals surface area contributed by atoms with Crippen molar-refractivity contribution in [2.24, 2.45) is 0 Å². The van der Waals surface area contributed by atoms with Crippen LogP contribution < -0.4 is 5.48 Å². The number of rotatable bonds is 4. The van der Waals surface area contributed by atoms with Crippen LogP contribution in [0.4, 0.5) is 0 Å². The lowest BCUT2D eigenvalue weighted by atomic mass is 10.2. The number of amides is 1. The highest BCUT2D eigenvalue weighted by molar-refractivity contribution is 5.76. The Morgan fingerprint density at radius 3 is 2.79 bits per heavy atom. The summed E-state index contributed by atoms with van der Waals surface area (Å²) in [6.45, 7) is 5.64. The van der Waals surface area contributed by atoms with Crippen molar-refractivity contribution in [1.82, 2.24) is 15.4 Å². The zero-order valence-electron chi connectivity index (χ0n) is 11.5. The second-order valence-electron chi connectivity index (χ2n) is 5.44. The summed E-state index contributed by atoms with van der Waals surface area (Å²) >= 11 is 0. The van der Waals surface area contributed by atoms with E-state index in [1.54, 1.807) is 0 Å². The Morgan fingerprint density at radius 1 is 1.37 bits per heavy atom. The number of benzene rings is 1. The van der Waals surface area contributed by atoms with Gasteiger partial charge >= 0.3 is 0 Å². The summed E-state index contributed by atoms with van der Waals surface area (Å²) in [5.74, 6) is 0.669. The van der Waals surface area contributed by atoms with E-state index in [0.29, 0.717) is 12.8 Å². The zero-order chi connectivity index (χ0) is 13.9. The van der Waals surface area contributed by atoms with Crippen LogP contribution in [-0.4, -0.2) is 21.5 Å². The summed E-state index contributed by atoms with van der Waals surface area (Å²) in [5, 5.41) is 0. The van der Waals surface area contributed by atoms with Crippen molar-refractivity contribution in [3.8, 4) is 0 Å². The van der Waals surface area contributed by atoms with Crippen LogP contribution in [0.1, 0.15) is 33.0 Å². The smallest absolute Gasteiger partial charge is 0.244 e. The fourth-order valence-corrected chi connectivity index (χ4v) is 1.62. The molecule has 0 unspecified atom stereocenters. The molecule has 2 rings (SSSR count). The number of nitrogens with one attached hydrogen (secondary N) is 2. The minimum atomic E-state index is -0.380. The Labute approximate surface area is 112 Å². The van der Waals surface area contributed by atoms with Crippen molar-refractivity contribution >= 4 is 16.9 Å². The van der Waals surface area contributed by atoms with Crippen LogP contribution in [0.2, 0.25) is 0 Å². The number of carbonyl (C=O) groups is 1. The molecule has 1 heterocycles. The summed E-state index contributed by atoms with van der Waals surface area (Å²) in [4.78, 5) is 24.4. The molecule has 2 N–H and O–H groups in total. The molecule has 1 aromatic carbocycles. The number of nitrogens with zero attached hydrogens (tertiary/aromatic N) is 1. The summed E-state index contributed by atoms with van der Waals surface area (Å²) in [7, 11) is 0. The molecule has 0 fully saturated rings. The van der Waals surface area contributed by atoms with Crippen LogP contribution in [0.3, 0.4) is 0 Å². The minimum Gasteiger partial charge on any atom is -0.342 e. The van der Waals surface area contributed by atoms with Crippen molar-refractivity contribution in [1.29, 1.82) is 0 Å². The summed E-state index contributed by atoms with van der Waals surface area (Å²) < 4.78 is 0. The highest BCUT2D eigenvalue weighted by Crippen LogP contribution is 2.11. The van der Waals surface area contributed by atoms with Gasteiger partial charge in [0.15, 0.2) is 0 Å². The summed E-state index contributed by atoms with van der Waals surface area (Å²) in [5.41, 5.74) is 3.98. The minimum absolute atomic E-state index is 0.143. The number of aryl methyl sites for hydroxylation is 1. The van der Waals surface area contributed by atoms with Crippen LogP contribution in [0.25, 0.3) is 11.0 Å². The first-order valence-corrected chi connectivity index (χ1v) is 6.34. The number of hydroxylamine groups is 1. The molecular formula is C14H19N3O2. The molecule has 0 atom stereocenters. The fraction of sp³-hybridized carbons (Fsp3) is 0.429. The third-order valence-electron chi connectivity index (χ3n) is 2.50. The highest BCUT2D eigenvalue weighted by Gasteiger charge is 2.13. The molecule has 0 radical (unpaired) electrons. The molecule has 2 aromatic rings. The van der Waals surface area contributed by atoms with Crippen LogP contribution >= 0.6 is 0 Å². The van der Waals surface area contributed by atoms with Gasteiger partial charge in [-0.2, -0.15) is 0 Å². The molecular weight excluding hydrogens is 242 g/mol. The van der Waals surface area contributed by atoms with Gasteiger partial charge in [0.2, 0.25) is 5.91 Å². The molecule has 1 amide bonds. The molecule has 1 aromatic heterocycles. The maximum Gasteiger partial charge on any atom is 0.244 e. The predicted octanol–water partition coefficient (Wildman–Crippen LogP) is 2.34. The van der Waals surface area contributed by atoms with Gasteiger partial charge in [-0.05, 0) is 32.9 Å². The van der Waals surface area contributed by atoms with Crippen molar-refractivity contribution in [2.75, 3.05) is 0 Å². The van der Waals surface area contributed by atoms with Crippen LogP contribution in [0, 0.1) is 0 Å². The van der Waals surface area contributed by atoms with Gasteiger partial charge in [0.25, 0.3) is 0 Å². The van der Waals surface area contributed by atoms with Crippen molar-refractivity contribution in [2.45, 2.75) is 39.2 Å². The van der Waals surface area contributed by atoms with Crippen LogP contribution in [0.15, 0.2) is 24.3 Å². The Morgan fingerprint density at radius 2 is 2.11 bits per heavy atom. The second-order valence-corrected chi connectivity index (χ2v) is 5.44. The van der Waals surface area contributed by atoms with E-state index in [9.17, 15) is 4.79 Å². The van der Waals surface area contributed by atoms with E-state index < -0.39 is 0 Å². The largest absolute Gasteiger partial charge is 0.342 e. The van der Waals surface area contributed by atoms with E-state index in [1.807, 2.05) is 45.0 Å². The van der Waals surface area contributed by atoms with Gasteiger partial charge in [-0.1, -0.05) is 12.1 Å². The van der Waals surface area contributed by atoms with Crippen molar-refractivity contribution < 1.29 is 9.63 Å². The van der Waals surface area contributed by atoms with Crippen molar-refractivity contribution in [3.05, 3.63) is 30.1 Å². The Balaban J connectivity index is 1.86. The van der Waals surface area contributed by atoms with E-state index in [1.165, 1.54) is 0 Å². The number of carbonyl (C=O) groups excluding carboxylic acids is 1. The summed E-state index contributed by atoms with van der Waals surface area (Å²) in [6.07, 6.45) is 0.907. The number of H-pyrrole nitrogens is 1. The Bertz CT molecular complexity index is 536. The van der Waals surface area contributed by atoms with Gasteiger partial charge < -0.3 is 4.98 Å². The van der Waals surface area contributed by atoms with Gasteiger partial charge in [0.05, 0.1) is 16.6 Å². The first-order valence-electron chi connectivity index (χ1n) is 6.34. The number of fused-ring (bicyclic) bond motifs is 1. The first-order chi connectivity index (χ1) is 8.94. The molecule has 19 heavy (non-hydrogen) atoms.